The fourth-order valence-electron chi connectivity index (χ4n) is 1.03. The first kappa shape index (κ1) is 11.9. The van der Waals surface area contributed by atoms with E-state index in [9.17, 15) is 9.59 Å². The van der Waals surface area contributed by atoms with Crippen LogP contribution in [0.4, 0.5) is 0 Å². The van der Waals surface area contributed by atoms with Crippen LogP contribution in [0.3, 0.4) is 0 Å². The van der Waals surface area contributed by atoms with Crippen molar-refractivity contribution in [2.45, 2.75) is 25.3 Å². The van der Waals surface area contributed by atoms with Crippen LogP contribution in [0.1, 0.15) is 19.3 Å². The van der Waals surface area contributed by atoms with Crippen molar-refractivity contribution < 1.29 is 19.8 Å². The largest absolute Gasteiger partial charge is 0.481 e. The fraction of sp³-hybridized carbons (Fsp3) is 0.750. The Hall–Kier alpha value is -1.10. The average molecular weight is 189 g/mol. The van der Waals surface area contributed by atoms with E-state index >= 15 is 0 Å². The molecule has 1 unspecified atom stereocenters. The van der Waals surface area contributed by atoms with Gasteiger partial charge in [-0.25, -0.2) is 0 Å². The van der Waals surface area contributed by atoms with Gasteiger partial charge in [-0.15, -0.1) is 0 Å². The van der Waals surface area contributed by atoms with E-state index in [1.807, 2.05) is 0 Å². The van der Waals surface area contributed by atoms with Gasteiger partial charge in [0.05, 0.1) is 6.42 Å². The third-order valence-corrected chi connectivity index (χ3v) is 1.83. The summed E-state index contributed by atoms with van der Waals surface area (Å²) in [5.41, 5.74) is 0. The molecule has 1 atom stereocenters. The first-order chi connectivity index (χ1) is 5.93. The van der Waals surface area contributed by atoms with Crippen LogP contribution in [0, 0.1) is 0 Å². The van der Waals surface area contributed by atoms with Gasteiger partial charge < -0.3 is 15.1 Å². The molecule has 13 heavy (non-hydrogen) atoms. The fourth-order valence-corrected chi connectivity index (χ4v) is 1.03. The molecule has 5 heteroatoms. The smallest absolute Gasteiger partial charge is 0.304 e. The Kier molecular flexibility index (Phi) is 5.06. The topological polar surface area (TPSA) is 77.8 Å². The maximum atomic E-state index is 10.4. The Morgan fingerprint density at radius 1 is 1.23 bits per heavy atom. The first-order valence-electron chi connectivity index (χ1n) is 4.03. The van der Waals surface area contributed by atoms with Crippen molar-refractivity contribution in [2.24, 2.45) is 0 Å². The summed E-state index contributed by atoms with van der Waals surface area (Å²) >= 11 is 0. The van der Waals surface area contributed by atoms with Crippen LogP contribution in [0.2, 0.25) is 0 Å². The number of rotatable bonds is 6. The summed E-state index contributed by atoms with van der Waals surface area (Å²) in [7, 11) is 3.49. The molecule has 0 spiro atoms. The van der Waals surface area contributed by atoms with Crippen molar-refractivity contribution in [1.29, 1.82) is 0 Å². The zero-order valence-electron chi connectivity index (χ0n) is 7.86. The molecular formula is C8H15NO4. The molecule has 0 amide bonds. The van der Waals surface area contributed by atoms with Gasteiger partial charge in [0.1, 0.15) is 0 Å². The summed E-state index contributed by atoms with van der Waals surface area (Å²) < 4.78 is 0. The summed E-state index contributed by atoms with van der Waals surface area (Å²) in [6, 6.07) is -0.200. The number of aliphatic carboxylic acids is 2. The maximum Gasteiger partial charge on any atom is 0.304 e. The van der Waals surface area contributed by atoms with Crippen molar-refractivity contribution in [3.63, 3.8) is 0 Å². The second-order valence-electron chi connectivity index (χ2n) is 3.15. The van der Waals surface area contributed by atoms with E-state index in [0.29, 0.717) is 6.42 Å². The second-order valence-corrected chi connectivity index (χ2v) is 3.15. The highest BCUT2D eigenvalue weighted by Gasteiger charge is 2.16. The van der Waals surface area contributed by atoms with Crippen LogP contribution < -0.4 is 0 Å². The highest BCUT2D eigenvalue weighted by atomic mass is 16.4. The Labute approximate surface area is 77.0 Å². The molecule has 0 radical (unpaired) electrons. The SMILES string of the molecule is CN(C)C(CCC(=O)O)CC(=O)O. The lowest BCUT2D eigenvalue weighted by atomic mass is 10.1. The minimum Gasteiger partial charge on any atom is -0.481 e. The molecule has 0 aromatic rings. The van der Waals surface area contributed by atoms with Gasteiger partial charge in [-0.2, -0.15) is 0 Å². The maximum absolute atomic E-state index is 10.4. The summed E-state index contributed by atoms with van der Waals surface area (Å²) in [5, 5.41) is 16.9. The molecule has 0 saturated heterocycles. The third-order valence-electron chi connectivity index (χ3n) is 1.83. The van der Waals surface area contributed by atoms with Crippen LogP contribution in [0.15, 0.2) is 0 Å². The first-order valence-corrected chi connectivity index (χ1v) is 4.03. The number of nitrogens with zero attached hydrogens (tertiary/aromatic N) is 1. The molecular weight excluding hydrogens is 174 g/mol. The minimum absolute atomic E-state index is 0.0100. The number of carbonyl (C=O) groups is 2. The van der Waals surface area contributed by atoms with Gasteiger partial charge in [0.25, 0.3) is 0 Å². The molecule has 5 nitrogen and oxygen atoms in total. The van der Waals surface area contributed by atoms with Gasteiger partial charge in [-0.3, -0.25) is 9.59 Å². The van der Waals surface area contributed by atoms with Crippen molar-refractivity contribution in [3.05, 3.63) is 0 Å². The highest BCUT2D eigenvalue weighted by molar-refractivity contribution is 5.68. The molecule has 0 fully saturated rings. The lowest BCUT2D eigenvalue weighted by Crippen LogP contribution is -2.30. The van der Waals surface area contributed by atoms with Gasteiger partial charge in [-0.1, -0.05) is 0 Å². The molecule has 0 aliphatic carbocycles. The lowest BCUT2D eigenvalue weighted by Gasteiger charge is -2.21. The molecule has 0 aliphatic rings. The summed E-state index contributed by atoms with van der Waals surface area (Å²) in [5.74, 6) is -1.79. The minimum atomic E-state index is -0.899. The molecule has 0 saturated carbocycles. The predicted octanol–water partition coefficient (Wildman–Crippen LogP) is 0.256. The van der Waals surface area contributed by atoms with Crippen molar-refractivity contribution in [1.82, 2.24) is 4.90 Å². The van der Waals surface area contributed by atoms with Crippen LogP contribution in [-0.4, -0.2) is 47.2 Å². The zero-order chi connectivity index (χ0) is 10.4. The number of carboxylic acid groups (broad SMARTS) is 2. The van der Waals surface area contributed by atoms with Crippen LogP contribution >= 0.6 is 0 Å². The summed E-state index contributed by atoms with van der Waals surface area (Å²) in [6.45, 7) is 0. The number of hydrogen-bond acceptors (Lipinski definition) is 3. The van der Waals surface area contributed by atoms with E-state index in [1.165, 1.54) is 0 Å². The zero-order valence-corrected chi connectivity index (χ0v) is 7.86. The normalized spacial score (nSPS) is 12.8. The third kappa shape index (κ3) is 6.10. The second kappa shape index (κ2) is 5.53. The monoisotopic (exact) mass is 189 g/mol. The Balaban J connectivity index is 3.95. The van der Waals surface area contributed by atoms with Gasteiger partial charge in [-0.05, 0) is 20.5 Å². The van der Waals surface area contributed by atoms with Crippen molar-refractivity contribution in [2.75, 3.05) is 14.1 Å². The lowest BCUT2D eigenvalue weighted by molar-refractivity contribution is -0.140. The summed E-state index contributed by atoms with van der Waals surface area (Å²) in [4.78, 5) is 22.4. The molecule has 0 aromatic heterocycles. The Morgan fingerprint density at radius 3 is 2.08 bits per heavy atom. The van der Waals surface area contributed by atoms with Gasteiger partial charge in [0.2, 0.25) is 0 Å². The number of hydrogen-bond donors (Lipinski definition) is 2. The predicted molar refractivity (Wildman–Crippen MR) is 46.6 cm³/mol. The standard InChI is InChI=1S/C8H15NO4/c1-9(2)6(5-8(12)13)3-4-7(10)11/h6H,3-5H2,1-2H3,(H,10,11)(H,12,13). The molecule has 0 aliphatic heterocycles. The van der Waals surface area contributed by atoms with Crippen molar-refractivity contribution in [3.8, 4) is 0 Å². The van der Waals surface area contributed by atoms with Gasteiger partial charge in [0, 0.05) is 12.5 Å². The van der Waals surface area contributed by atoms with E-state index in [1.54, 1.807) is 19.0 Å². The average Bonchev–Trinajstić information content (AvgIpc) is 1.96. The number of carboxylic acids is 2. The molecule has 0 rings (SSSR count). The van der Waals surface area contributed by atoms with E-state index in [-0.39, 0.29) is 18.9 Å². The Morgan fingerprint density at radius 2 is 1.77 bits per heavy atom. The quantitative estimate of drug-likeness (QED) is 0.626. The molecule has 76 valence electrons. The summed E-state index contributed by atoms with van der Waals surface area (Å²) in [6.07, 6.45) is 0.366. The van der Waals surface area contributed by atoms with E-state index in [0.717, 1.165) is 0 Å². The molecule has 2 N–H and O–H groups in total. The van der Waals surface area contributed by atoms with Crippen molar-refractivity contribution >= 4 is 11.9 Å². The molecule has 0 bridgehead atoms. The van der Waals surface area contributed by atoms with Crippen LogP contribution in [0.5, 0.6) is 0 Å². The van der Waals surface area contributed by atoms with E-state index < -0.39 is 11.9 Å². The molecule has 0 heterocycles. The van der Waals surface area contributed by atoms with Gasteiger partial charge >= 0.3 is 11.9 Å². The van der Waals surface area contributed by atoms with Crippen LogP contribution in [0.25, 0.3) is 0 Å². The van der Waals surface area contributed by atoms with Gasteiger partial charge in [0.15, 0.2) is 0 Å². The van der Waals surface area contributed by atoms with E-state index in [4.69, 9.17) is 10.2 Å². The molecule has 0 aromatic carbocycles. The van der Waals surface area contributed by atoms with E-state index in [2.05, 4.69) is 0 Å². The Bertz CT molecular complexity index is 191. The van der Waals surface area contributed by atoms with Crippen LogP contribution in [-0.2, 0) is 9.59 Å². The highest BCUT2D eigenvalue weighted by Crippen LogP contribution is 2.07.